The van der Waals surface area contributed by atoms with Gasteiger partial charge in [-0.1, -0.05) is 31.0 Å². The van der Waals surface area contributed by atoms with Gasteiger partial charge < -0.3 is 10.1 Å². The van der Waals surface area contributed by atoms with E-state index in [4.69, 9.17) is 4.74 Å². The van der Waals surface area contributed by atoms with Crippen LogP contribution in [-0.4, -0.2) is 13.0 Å². The Morgan fingerprint density at radius 1 is 1.09 bits per heavy atom. The van der Waals surface area contributed by atoms with Crippen LogP contribution in [0.1, 0.15) is 41.6 Å². The summed E-state index contributed by atoms with van der Waals surface area (Å²) >= 11 is 0. The first-order valence-electron chi connectivity index (χ1n) is 7.86. The Hall–Kier alpha value is -2.36. The van der Waals surface area contributed by atoms with E-state index in [1.807, 2.05) is 6.07 Å². The van der Waals surface area contributed by atoms with Gasteiger partial charge in [-0.25, -0.2) is 4.39 Å². The van der Waals surface area contributed by atoms with E-state index in [0.29, 0.717) is 16.9 Å². The highest BCUT2D eigenvalue weighted by molar-refractivity contribution is 5.95. The molecule has 0 bridgehead atoms. The average molecular weight is 313 g/mol. The van der Waals surface area contributed by atoms with Gasteiger partial charge in [0.25, 0.3) is 5.91 Å². The Bertz CT molecular complexity index is 691. The summed E-state index contributed by atoms with van der Waals surface area (Å²) in [6.07, 6.45) is 3.49. The van der Waals surface area contributed by atoms with Crippen LogP contribution in [0.25, 0.3) is 0 Å². The molecule has 0 atom stereocenters. The lowest BCUT2D eigenvalue weighted by Crippen LogP contribution is -2.44. The predicted molar refractivity (Wildman–Crippen MR) is 87.0 cm³/mol. The monoisotopic (exact) mass is 313 g/mol. The van der Waals surface area contributed by atoms with Crippen LogP contribution in [-0.2, 0) is 5.54 Å². The molecule has 0 heterocycles. The minimum Gasteiger partial charge on any atom is -0.497 e. The van der Waals surface area contributed by atoms with E-state index in [2.05, 4.69) is 5.32 Å². The lowest BCUT2D eigenvalue weighted by molar-refractivity contribution is 0.0896. The number of benzene rings is 2. The highest BCUT2D eigenvalue weighted by Crippen LogP contribution is 2.40. The summed E-state index contributed by atoms with van der Waals surface area (Å²) in [5, 5.41) is 3.08. The molecule has 1 N–H and O–H groups in total. The summed E-state index contributed by atoms with van der Waals surface area (Å²) in [5.41, 5.74) is 0.523. The van der Waals surface area contributed by atoms with Gasteiger partial charge in [0.15, 0.2) is 0 Å². The molecule has 0 saturated heterocycles. The molecule has 1 fully saturated rings. The van der Waals surface area contributed by atoms with Gasteiger partial charge in [-0.2, -0.15) is 0 Å². The number of hydrogen-bond acceptors (Lipinski definition) is 2. The molecule has 0 radical (unpaired) electrons. The van der Waals surface area contributed by atoms with Crippen LogP contribution in [0.4, 0.5) is 4.39 Å². The second kappa shape index (κ2) is 6.41. The summed E-state index contributed by atoms with van der Waals surface area (Å²) in [4.78, 5) is 12.6. The van der Waals surface area contributed by atoms with Gasteiger partial charge in [0.1, 0.15) is 11.6 Å². The second-order valence-corrected chi connectivity index (χ2v) is 5.95. The van der Waals surface area contributed by atoms with E-state index in [0.717, 1.165) is 25.7 Å². The van der Waals surface area contributed by atoms with Crippen LogP contribution < -0.4 is 10.1 Å². The molecule has 0 aromatic heterocycles. The molecule has 1 saturated carbocycles. The van der Waals surface area contributed by atoms with Crippen molar-refractivity contribution >= 4 is 5.91 Å². The number of rotatable bonds is 4. The Kier molecular flexibility index (Phi) is 4.33. The molecule has 120 valence electrons. The van der Waals surface area contributed by atoms with Crippen molar-refractivity contribution in [2.75, 3.05) is 7.11 Å². The molecule has 0 spiro atoms. The van der Waals surface area contributed by atoms with Gasteiger partial charge in [0.2, 0.25) is 0 Å². The topological polar surface area (TPSA) is 38.3 Å². The second-order valence-electron chi connectivity index (χ2n) is 5.95. The lowest BCUT2D eigenvalue weighted by atomic mass is 9.87. The predicted octanol–water partition coefficient (Wildman–Crippen LogP) is 4.03. The van der Waals surface area contributed by atoms with E-state index in [1.54, 1.807) is 43.5 Å². The molecule has 4 heteroatoms. The molecule has 2 aromatic carbocycles. The van der Waals surface area contributed by atoms with E-state index >= 15 is 0 Å². The minimum atomic E-state index is -0.609. The Balaban J connectivity index is 1.87. The summed E-state index contributed by atoms with van der Waals surface area (Å²) in [6, 6.07) is 13.7. The molecule has 23 heavy (non-hydrogen) atoms. The number of methoxy groups -OCH3 is 1. The quantitative estimate of drug-likeness (QED) is 0.925. The van der Waals surface area contributed by atoms with Crippen molar-refractivity contribution in [3.63, 3.8) is 0 Å². The van der Waals surface area contributed by atoms with Crippen LogP contribution in [0.15, 0.2) is 48.5 Å². The SMILES string of the molecule is COc1ccc(C(=O)NC2(c3ccccc3F)CCCC2)cc1. The molecule has 2 aromatic rings. The van der Waals surface area contributed by atoms with Crippen molar-refractivity contribution in [3.05, 3.63) is 65.5 Å². The maximum atomic E-state index is 14.3. The first kappa shape index (κ1) is 15.5. The number of amides is 1. The molecular formula is C19H20FNO2. The molecule has 1 aliphatic carbocycles. The van der Waals surface area contributed by atoms with Crippen LogP contribution in [0.3, 0.4) is 0 Å². The largest absolute Gasteiger partial charge is 0.497 e. The molecule has 0 aliphatic heterocycles. The Morgan fingerprint density at radius 2 is 1.74 bits per heavy atom. The first-order chi connectivity index (χ1) is 11.1. The van der Waals surface area contributed by atoms with Crippen LogP contribution in [0.2, 0.25) is 0 Å². The molecule has 0 unspecified atom stereocenters. The van der Waals surface area contributed by atoms with Crippen LogP contribution in [0, 0.1) is 5.82 Å². The highest BCUT2D eigenvalue weighted by atomic mass is 19.1. The lowest BCUT2D eigenvalue weighted by Gasteiger charge is -2.31. The Labute approximate surface area is 135 Å². The number of nitrogens with one attached hydrogen (secondary N) is 1. The van der Waals surface area contributed by atoms with Crippen LogP contribution in [0.5, 0.6) is 5.75 Å². The normalized spacial score (nSPS) is 16.1. The van der Waals surface area contributed by atoms with Gasteiger partial charge in [0.05, 0.1) is 12.6 Å². The smallest absolute Gasteiger partial charge is 0.251 e. The zero-order chi connectivity index (χ0) is 16.3. The van der Waals surface area contributed by atoms with Crippen molar-refractivity contribution < 1.29 is 13.9 Å². The third-order valence-electron chi connectivity index (χ3n) is 4.55. The summed E-state index contributed by atoms with van der Waals surface area (Å²) in [7, 11) is 1.58. The molecular weight excluding hydrogens is 293 g/mol. The van der Waals surface area contributed by atoms with E-state index in [-0.39, 0.29) is 11.7 Å². The average Bonchev–Trinajstić information content (AvgIpc) is 3.04. The number of ether oxygens (including phenoxy) is 1. The van der Waals surface area contributed by atoms with Crippen LogP contribution >= 0.6 is 0 Å². The third-order valence-corrected chi connectivity index (χ3v) is 4.55. The van der Waals surface area contributed by atoms with Gasteiger partial charge in [-0.05, 0) is 43.2 Å². The van der Waals surface area contributed by atoms with Crippen molar-refractivity contribution in [2.24, 2.45) is 0 Å². The number of carbonyl (C=O) groups is 1. The summed E-state index contributed by atoms with van der Waals surface area (Å²) in [6.45, 7) is 0. The van der Waals surface area contributed by atoms with E-state index in [9.17, 15) is 9.18 Å². The zero-order valence-electron chi connectivity index (χ0n) is 13.1. The van der Waals surface area contributed by atoms with Crippen molar-refractivity contribution in [3.8, 4) is 5.75 Å². The van der Waals surface area contributed by atoms with Gasteiger partial charge in [-0.3, -0.25) is 4.79 Å². The van der Waals surface area contributed by atoms with Crippen molar-refractivity contribution in [2.45, 2.75) is 31.2 Å². The maximum absolute atomic E-state index is 14.3. The molecule has 3 nitrogen and oxygen atoms in total. The van der Waals surface area contributed by atoms with E-state index in [1.165, 1.54) is 6.07 Å². The zero-order valence-corrected chi connectivity index (χ0v) is 13.1. The Morgan fingerprint density at radius 3 is 2.35 bits per heavy atom. The fraction of sp³-hybridized carbons (Fsp3) is 0.316. The fourth-order valence-electron chi connectivity index (χ4n) is 3.32. The number of hydrogen-bond donors (Lipinski definition) is 1. The molecule has 1 amide bonds. The summed E-state index contributed by atoms with van der Waals surface area (Å²) in [5.74, 6) is 0.258. The third kappa shape index (κ3) is 3.07. The standard InChI is InChI=1S/C19H20FNO2/c1-23-15-10-8-14(9-11-15)18(22)21-19(12-4-5-13-19)16-6-2-3-7-17(16)20/h2-3,6-11H,4-5,12-13H2,1H3,(H,21,22). The minimum absolute atomic E-state index is 0.183. The van der Waals surface area contributed by atoms with Crippen molar-refractivity contribution in [1.29, 1.82) is 0 Å². The first-order valence-corrected chi connectivity index (χ1v) is 7.86. The number of halogens is 1. The fourth-order valence-corrected chi connectivity index (χ4v) is 3.32. The number of carbonyl (C=O) groups excluding carboxylic acids is 1. The summed E-state index contributed by atoms with van der Waals surface area (Å²) < 4.78 is 19.4. The maximum Gasteiger partial charge on any atom is 0.251 e. The van der Waals surface area contributed by atoms with E-state index < -0.39 is 5.54 Å². The van der Waals surface area contributed by atoms with Crippen molar-refractivity contribution in [1.82, 2.24) is 5.32 Å². The van der Waals surface area contributed by atoms with Gasteiger partial charge >= 0.3 is 0 Å². The molecule has 1 aliphatic rings. The van der Waals surface area contributed by atoms with Gasteiger partial charge in [-0.15, -0.1) is 0 Å². The molecule has 3 rings (SSSR count). The van der Waals surface area contributed by atoms with Gasteiger partial charge in [0, 0.05) is 11.1 Å². The highest BCUT2D eigenvalue weighted by Gasteiger charge is 2.39.